The zero-order valence-electron chi connectivity index (χ0n) is 9.99. The van der Waals surface area contributed by atoms with Gasteiger partial charge >= 0.3 is 0 Å². The van der Waals surface area contributed by atoms with E-state index in [-0.39, 0.29) is 0 Å². The second-order valence-electron chi connectivity index (χ2n) is 4.14. The predicted molar refractivity (Wildman–Crippen MR) is 67.1 cm³/mol. The van der Waals surface area contributed by atoms with Crippen LogP contribution in [0.1, 0.15) is 45.7 Å². The van der Waals surface area contributed by atoms with Gasteiger partial charge in [0, 0.05) is 18.0 Å². The quantitative estimate of drug-likeness (QED) is 0.770. The molecule has 0 aromatic carbocycles. The van der Waals surface area contributed by atoms with Gasteiger partial charge in [-0.15, -0.1) is 11.3 Å². The Morgan fingerprint density at radius 3 is 2.80 bits per heavy atom. The summed E-state index contributed by atoms with van der Waals surface area (Å²) in [4.78, 5) is 4.28. The summed E-state index contributed by atoms with van der Waals surface area (Å²) in [7, 11) is 0. The standard InChI is InChI=1S/C12H22N2S/c1-4-6-10(3)12(5-2)13-7-11-8-15-9-14-11/h8-10,12-13H,4-7H2,1-3H3. The van der Waals surface area contributed by atoms with E-state index in [2.05, 4.69) is 36.5 Å². The Morgan fingerprint density at radius 2 is 2.27 bits per heavy atom. The number of rotatable bonds is 7. The maximum absolute atomic E-state index is 4.28. The minimum absolute atomic E-state index is 0.631. The van der Waals surface area contributed by atoms with Gasteiger partial charge in [0.05, 0.1) is 11.2 Å². The van der Waals surface area contributed by atoms with Crippen LogP contribution in [0.4, 0.5) is 0 Å². The summed E-state index contributed by atoms with van der Waals surface area (Å²) in [5.41, 5.74) is 3.06. The fourth-order valence-corrected chi connectivity index (χ4v) is 2.52. The van der Waals surface area contributed by atoms with Gasteiger partial charge in [-0.1, -0.05) is 27.2 Å². The maximum Gasteiger partial charge on any atom is 0.0795 e. The number of hydrogen-bond acceptors (Lipinski definition) is 3. The molecule has 3 heteroatoms. The van der Waals surface area contributed by atoms with Crippen molar-refractivity contribution >= 4 is 11.3 Å². The van der Waals surface area contributed by atoms with Crippen molar-refractivity contribution in [3.05, 3.63) is 16.6 Å². The molecule has 2 nitrogen and oxygen atoms in total. The van der Waals surface area contributed by atoms with E-state index in [0.29, 0.717) is 6.04 Å². The van der Waals surface area contributed by atoms with Crippen molar-refractivity contribution in [2.45, 2.75) is 52.6 Å². The van der Waals surface area contributed by atoms with Crippen LogP contribution in [0.2, 0.25) is 0 Å². The fourth-order valence-electron chi connectivity index (χ4n) is 1.96. The second-order valence-corrected chi connectivity index (χ2v) is 4.86. The second kappa shape index (κ2) is 6.96. The number of nitrogens with zero attached hydrogens (tertiary/aromatic N) is 1. The minimum Gasteiger partial charge on any atom is -0.308 e. The molecule has 2 unspecified atom stereocenters. The summed E-state index contributed by atoms with van der Waals surface area (Å²) in [6.45, 7) is 7.76. The molecular weight excluding hydrogens is 204 g/mol. The summed E-state index contributed by atoms with van der Waals surface area (Å²) in [5, 5.41) is 5.72. The summed E-state index contributed by atoms with van der Waals surface area (Å²) in [6.07, 6.45) is 3.78. The van der Waals surface area contributed by atoms with Gasteiger partial charge in [-0.3, -0.25) is 0 Å². The van der Waals surface area contributed by atoms with Crippen LogP contribution in [0.15, 0.2) is 10.9 Å². The van der Waals surface area contributed by atoms with Crippen LogP contribution in [0.3, 0.4) is 0 Å². The number of hydrogen-bond donors (Lipinski definition) is 1. The van der Waals surface area contributed by atoms with Gasteiger partial charge in [0.1, 0.15) is 0 Å². The number of thiazole rings is 1. The van der Waals surface area contributed by atoms with Crippen molar-refractivity contribution in [3.63, 3.8) is 0 Å². The number of nitrogens with one attached hydrogen (secondary N) is 1. The Morgan fingerprint density at radius 1 is 1.47 bits per heavy atom. The lowest BCUT2D eigenvalue weighted by molar-refractivity contribution is 0.343. The highest BCUT2D eigenvalue weighted by Crippen LogP contribution is 2.14. The van der Waals surface area contributed by atoms with Gasteiger partial charge in [-0.2, -0.15) is 0 Å². The van der Waals surface area contributed by atoms with Crippen LogP contribution in [-0.2, 0) is 6.54 Å². The van der Waals surface area contributed by atoms with E-state index in [9.17, 15) is 0 Å². The lowest BCUT2D eigenvalue weighted by atomic mass is 9.95. The lowest BCUT2D eigenvalue weighted by Crippen LogP contribution is -2.34. The van der Waals surface area contributed by atoms with Crippen LogP contribution in [0.25, 0.3) is 0 Å². The molecule has 86 valence electrons. The third-order valence-corrected chi connectivity index (χ3v) is 3.53. The Balaban J connectivity index is 2.33. The molecule has 0 radical (unpaired) electrons. The highest BCUT2D eigenvalue weighted by Gasteiger charge is 2.13. The Kier molecular flexibility index (Phi) is 5.88. The van der Waals surface area contributed by atoms with E-state index in [1.165, 1.54) is 25.0 Å². The van der Waals surface area contributed by atoms with Crippen LogP contribution >= 0.6 is 11.3 Å². The van der Waals surface area contributed by atoms with E-state index in [1.807, 2.05) is 5.51 Å². The average molecular weight is 226 g/mol. The molecule has 0 spiro atoms. The molecule has 1 aromatic heterocycles. The van der Waals surface area contributed by atoms with E-state index in [1.54, 1.807) is 11.3 Å². The lowest BCUT2D eigenvalue weighted by Gasteiger charge is -2.23. The molecule has 0 aliphatic carbocycles. The molecule has 1 N–H and O–H groups in total. The molecule has 15 heavy (non-hydrogen) atoms. The first kappa shape index (κ1) is 12.7. The van der Waals surface area contributed by atoms with E-state index < -0.39 is 0 Å². The van der Waals surface area contributed by atoms with Crippen molar-refractivity contribution in [3.8, 4) is 0 Å². The normalized spacial score (nSPS) is 15.1. The molecule has 1 aromatic rings. The highest BCUT2D eigenvalue weighted by molar-refractivity contribution is 7.07. The first-order valence-corrected chi connectivity index (χ1v) is 6.82. The van der Waals surface area contributed by atoms with Crippen LogP contribution in [0, 0.1) is 5.92 Å². The van der Waals surface area contributed by atoms with Crippen molar-refractivity contribution < 1.29 is 0 Å². The smallest absolute Gasteiger partial charge is 0.0795 e. The molecule has 0 aliphatic heterocycles. The van der Waals surface area contributed by atoms with Gasteiger partial charge in [-0.05, 0) is 18.8 Å². The summed E-state index contributed by atoms with van der Waals surface area (Å²) < 4.78 is 0. The van der Waals surface area contributed by atoms with Crippen LogP contribution < -0.4 is 5.32 Å². The SMILES string of the molecule is CCCC(C)C(CC)NCc1cscn1. The molecule has 0 aliphatic rings. The molecule has 2 atom stereocenters. The molecule has 0 saturated heterocycles. The fraction of sp³-hybridized carbons (Fsp3) is 0.750. The monoisotopic (exact) mass is 226 g/mol. The molecule has 0 amide bonds. The largest absolute Gasteiger partial charge is 0.308 e. The van der Waals surface area contributed by atoms with Crippen molar-refractivity contribution in [2.24, 2.45) is 5.92 Å². The molecule has 1 heterocycles. The first-order chi connectivity index (χ1) is 7.27. The first-order valence-electron chi connectivity index (χ1n) is 5.88. The summed E-state index contributed by atoms with van der Waals surface area (Å²) >= 11 is 1.67. The van der Waals surface area contributed by atoms with Gasteiger partial charge in [0.15, 0.2) is 0 Å². The Bertz CT molecular complexity index is 246. The zero-order chi connectivity index (χ0) is 11.1. The summed E-state index contributed by atoms with van der Waals surface area (Å²) in [5.74, 6) is 0.763. The van der Waals surface area contributed by atoms with E-state index >= 15 is 0 Å². The number of aromatic nitrogens is 1. The third-order valence-electron chi connectivity index (χ3n) is 2.90. The zero-order valence-corrected chi connectivity index (χ0v) is 10.8. The Hall–Kier alpha value is -0.410. The van der Waals surface area contributed by atoms with Gasteiger partial charge in [-0.25, -0.2) is 4.98 Å². The van der Waals surface area contributed by atoms with Crippen molar-refractivity contribution in [2.75, 3.05) is 0 Å². The molecule has 0 bridgehead atoms. The van der Waals surface area contributed by atoms with Crippen molar-refractivity contribution in [1.82, 2.24) is 10.3 Å². The van der Waals surface area contributed by atoms with Gasteiger partial charge < -0.3 is 5.32 Å². The highest BCUT2D eigenvalue weighted by atomic mass is 32.1. The van der Waals surface area contributed by atoms with Crippen LogP contribution in [0.5, 0.6) is 0 Å². The molecule has 0 saturated carbocycles. The van der Waals surface area contributed by atoms with E-state index in [0.717, 1.165) is 12.5 Å². The van der Waals surface area contributed by atoms with Crippen LogP contribution in [-0.4, -0.2) is 11.0 Å². The molecule has 1 rings (SSSR count). The van der Waals surface area contributed by atoms with Gasteiger partial charge in [0.25, 0.3) is 0 Å². The average Bonchev–Trinajstić information content (AvgIpc) is 2.72. The molecule has 0 fully saturated rings. The third kappa shape index (κ3) is 4.31. The topological polar surface area (TPSA) is 24.9 Å². The molecular formula is C12H22N2S. The minimum atomic E-state index is 0.631. The van der Waals surface area contributed by atoms with E-state index in [4.69, 9.17) is 0 Å². The Labute approximate surface area is 97.1 Å². The predicted octanol–water partition coefficient (Wildman–Crippen LogP) is 3.45. The summed E-state index contributed by atoms with van der Waals surface area (Å²) in [6, 6.07) is 0.631. The van der Waals surface area contributed by atoms with Crippen molar-refractivity contribution in [1.29, 1.82) is 0 Å². The van der Waals surface area contributed by atoms with Gasteiger partial charge in [0.2, 0.25) is 0 Å². The maximum atomic E-state index is 4.28.